The van der Waals surface area contributed by atoms with Crippen molar-refractivity contribution in [1.29, 1.82) is 0 Å². The molecule has 1 aromatic heterocycles. The first kappa shape index (κ1) is 24.5. The topological polar surface area (TPSA) is 39.4 Å². The summed E-state index contributed by atoms with van der Waals surface area (Å²) in [5.41, 5.74) is 2.14. The minimum Gasteiger partial charge on any atom is -0.461 e. The zero-order valence-corrected chi connectivity index (χ0v) is 19.1. The quantitative estimate of drug-likeness (QED) is 0.190. The van der Waals surface area contributed by atoms with E-state index in [0.29, 0.717) is 13.0 Å². The maximum Gasteiger partial charge on any atom is 0.306 e. The Kier molecular flexibility index (Phi) is 12.0. The van der Waals surface area contributed by atoms with Crippen LogP contribution in [0.15, 0.2) is 46.9 Å². The predicted octanol–water partition coefficient (Wildman–Crippen LogP) is 7.62. The van der Waals surface area contributed by atoms with Crippen LogP contribution in [0.2, 0.25) is 0 Å². The monoisotopic (exact) mass is 420 g/mol. The minimum atomic E-state index is -0.101. The van der Waals surface area contributed by atoms with Crippen LogP contribution in [0.1, 0.15) is 93.8 Å². The van der Waals surface area contributed by atoms with E-state index in [1.807, 2.05) is 49.4 Å². The lowest BCUT2D eigenvalue weighted by Gasteiger charge is -2.05. The van der Waals surface area contributed by atoms with E-state index in [1.54, 1.807) is 0 Å². The highest BCUT2D eigenvalue weighted by Gasteiger charge is 2.04. The normalized spacial score (nSPS) is 10.8. The summed E-state index contributed by atoms with van der Waals surface area (Å²) in [5.74, 6) is 7.98. The second-order valence-electron chi connectivity index (χ2n) is 7.92. The Balaban J connectivity index is 1.48. The largest absolute Gasteiger partial charge is 0.461 e. The van der Waals surface area contributed by atoms with Crippen molar-refractivity contribution in [2.75, 3.05) is 0 Å². The number of esters is 1. The number of furan rings is 1. The molecule has 0 aliphatic rings. The van der Waals surface area contributed by atoms with Crippen LogP contribution >= 0.6 is 0 Å². The number of hydrogen-bond donors (Lipinski definition) is 0. The Labute approximate surface area is 187 Å². The van der Waals surface area contributed by atoms with Crippen LogP contribution in [-0.4, -0.2) is 5.97 Å². The molecule has 1 aromatic carbocycles. The molecule has 0 saturated heterocycles. The molecular weight excluding hydrogens is 384 g/mol. The van der Waals surface area contributed by atoms with Gasteiger partial charge in [-0.05, 0) is 49.8 Å². The smallest absolute Gasteiger partial charge is 0.306 e. The molecule has 2 rings (SSSR count). The van der Waals surface area contributed by atoms with Gasteiger partial charge in [-0.3, -0.25) is 4.79 Å². The average molecular weight is 421 g/mol. The van der Waals surface area contributed by atoms with Gasteiger partial charge >= 0.3 is 5.97 Å². The number of hydrogen-bond acceptors (Lipinski definition) is 3. The molecule has 0 radical (unpaired) electrons. The maximum absolute atomic E-state index is 11.8. The molecule has 166 valence electrons. The molecule has 0 unspecified atom stereocenters. The van der Waals surface area contributed by atoms with Gasteiger partial charge in [0, 0.05) is 18.4 Å². The van der Waals surface area contributed by atoms with Crippen LogP contribution in [0.3, 0.4) is 0 Å². The average Bonchev–Trinajstić information content (AvgIpc) is 3.13. The first-order chi connectivity index (χ1) is 15.2. The predicted molar refractivity (Wildman–Crippen MR) is 127 cm³/mol. The SMILES string of the molecule is CCC/C=C/c1cc(C)c(C#CCCCCCCCCC(=O)OCc2ccccc2)o1. The second-order valence-corrected chi connectivity index (χ2v) is 7.92. The van der Waals surface area contributed by atoms with Gasteiger partial charge in [-0.2, -0.15) is 0 Å². The summed E-state index contributed by atoms with van der Waals surface area (Å²) in [6.45, 7) is 4.58. The fourth-order valence-electron chi connectivity index (χ4n) is 3.22. The van der Waals surface area contributed by atoms with Gasteiger partial charge in [0.2, 0.25) is 0 Å². The van der Waals surface area contributed by atoms with Gasteiger partial charge in [0.05, 0.1) is 0 Å². The number of unbranched alkanes of at least 4 members (excludes halogenated alkanes) is 7. The Morgan fingerprint density at radius 1 is 1.06 bits per heavy atom. The van der Waals surface area contributed by atoms with Crippen molar-refractivity contribution in [3.05, 3.63) is 65.1 Å². The molecule has 0 aliphatic carbocycles. The summed E-state index contributed by atoms with van der Waals surface area (Å²) in [7, 11) is 0. The number of benzene rings is 1. The lowest BCUT2D eigenvalue weighted by Crippen LogP contribution is -2.04. The molecule has 0 atom stereocenters. The summed E-state index contributed by atoms with van der Waals surface area (Å²) in [6, 6.07) is 11.9. The molecule has 3 nitrogen and oxygen atoms in total. The molecule has 0 saturated carbocycles. The van der Waals surface area contributed by atoms with E-state index >= 15 is 0 Å². The van der Waals surface area contributed by atoms with Gasteiger partial charge in [0.15, 0.2) is 5.76 Å². The van der Waals surface area contributed by atoms with Crippen LogP contribution < -0.4 is 0 Å². The minimum absolute atomic E-state index is 0.101. The highest BCUT2D eigenvalue weighted by molar-refractivity contribution is 5.69. The molecule has 3 heteroatoms. The third-order valence-corrected chi connectivity index (χ3v) is 5.05. The summed E-state index contributed by atoms with van der Waals surface area (Å²) in [4.78, 5) is 11.8. The van der Waals surface area contributed by atoms with Crippen LogP contribution in [-0.2, 0) is 16.1 Å². The zero-order chi connectivity index (χ0) is 22.2. The zero-order valence-electron chi connectivity index (χ0n) is 19.1. The summed E-state index contributed by atoms with van der Waals surface area (Å²) in [6.07, 6.45) is 14.4. The molecule has 0 N–H and O–H groups in total. The van der Waals surface area contributed by atoms with Gasteiger partial charge < -0.3 is 9.15 Å². The van der Waals surface area contributed by atoms with E-state index in [4.69, 9.17) is 9.15 Å². The molecule has 0 amide bonds. The summed E-state index contributed by atoms with van der Waals surface area (Å²) < 4.78 is 11.1. The number of carbonyl (C=O) groups is 1. The van der Waals surface area contributed by atoms with Gasteiger partial charge in [-0.1, -0.05) is 81.4 Å². The van der Waals surface area contributed by atoms with Crippen LogP contribution in [0, 0.1) is 18.8 Å². The molecule has 2 aromatic rings. The third kappa shape index (κ3) is 10.7. The van der Waals surface area contributed by atoms with Gasteiger partial charge in [-0.25, -0.2) is 0 Å². The highest BCUT2D eigenvalue weighted by Crippen LogP contribution is 2.16. The fourth-order valence-corrected chi connectivity index (χ4v) is 3.22. The van der Waals surface area contributed by atoms with E-state index in [1.165, 1.54) is 12.8 Å². The van der Waals surface area contributed by atoms with Crippen molar-refractivity contribution in [3.8, 4) is 11.8 Å². The number of allylic oxidation sites excluding steroid dienone is 1. The highest BCUT2D eigenvalue weighted by atomic mass is 16.5. The molecule has 0 fully saturated rings. The fraction of sp³-hybridized carbons (Fsp3) is 0.464. The molecule has 1 heterocycles. The van der Waals surface area contributed by atoms with E-state index in [9.17, 15) is 4.79 Å². The van der Waals surface area contributed by atoms with Crippen molar-refractivity contribution < 1.29 is 13.9 Å². The molecular formula is C28H36O3. The van der Waals surface area contributed by atoms with Gasteiger partial charge in [0.1, 0.15) is 12.4 Å². The van der Waals surface area contributed by atoms with E-state index in [-0.39, 0.29) is 5.97 Å². The Morgan fingerprint density at radius 2 is 1.81 bits per heavy atom. The Morgan fingerprint density at radius 3 is 2.58 bits per heavy atom. The Bertz CT molecular complexity index is 849. The molecule has 0 spiro atoms. The third-order valence-electron chi connectivity index (χ3n) is 5.05. The van der Waals surface area contributed by atoms with E-state index < -0.39 is 0 Å². The van der Waals surface area contributed by atoms with Gasteiger partial charge in [-0.15, -0.1) is 0 Å². The lowest BCUT2D eigenvalue weighted by atomic mass is 10.1. The first-order valence-electron chi connectivity index (χ1n) is 11.6. The van der Waals surface area contributed by atoms with E-state index in [2.05, 4.69) is 24.8 Å². The summed E-state index contributed by atoms with van der Waals surface area (Å²) in [5, 5.41) is 0. The number of aryl methyl sites for hydroxylation is 1. The second kappa shape index (κ2) is 15.1. The standard InChI is InChI=1S/C28H36O3/c1-3-4-12-19-26-22-24(2)27(31-26)20-15-9-7-5-6-8-10-16-21-28(29)30-23-25-17-13-11-14-18-25/h11-14,17-19,22H,3-10,16,21,23H2,1-2H3/b19-12+. The maximum atomic E-state index is 11.8. The first-order valence-corrected chi connectivity index (χ1v) is 11.6. The van der Waals surface area contributed by atoms with Crippen LogP contribution in [0.4, 0.5) is 0 Å². The van der Waals surface area contributed by atoms with Crippen molar-refractivity contribution in [2.24, 2.45) is 0 Å². The lowest BCUT2D eigenvalue weighted by molar-refractivity contribution is -0.145. The molecule has 31 heavy (non-hydrogen) atoms. The molecule has 0 bridgehead atoms. The number of carbonyl (C=O) groups excluding carboxylic acids is 1. The van der Waals surface area contributed by atoms with Gasteiger partial charge in [0.25, 0.3) is 0 Å². The number of ether oxygens (including phenoxy) is 1. The molecule has 0 aliphatic heterocycles. The van der Waals surface area contributed by atoms with Crippen LogP contribution in [0.5, 0.6) is 0 Å². The van der Waals surface area contributed by atoms with Crippen LogP contribution in [0.25, 0.3) is 6.08 Å². The van der Waals surface area contributed by atoms with Crippen molar-refractivity contribution in [2.45, 2.75) is 84.7 Å². The van der Waals surface area contributed by atoms with Crippen molar-refractivity contribution in [1.82, 2.24) is 0 Å². The van der Waals surface area contributed by atoms with Crippen molar-refractivity contribution in [3.63, 3.8) is 0 Å². The van der Waals surface area contributed by atoms with Crippen molar-refractivity contribution >= 4 is 12.0 Å². The summed E-state index contributed by atoms with van der Waals surface area (Å²) >= 11 is 0. The Hall–Kier alpha value is -2.73. The number of rotatable bonds is 13. The van der Waals surface area contributed by atoms with E-state index in [0.717, 1.165) is 67.6 Å².